The number of benzene rings is 1. The largest absolute Gasteiger partial charge is 0.448 e. The van der Waals surface area contributed by atoms with Gasteiger partial charge in [0.2, 0.25) is 5.91 Å². The quantitative estimate of drug-likeness (QED) is 0.578. The zero-order chi connectivity index (χ0) is 19.2. The lowest BCUT2D eigenvalue weighted by molar-refractivity contribution is -0.198. The molecule has 26 heavy (non-hydrogen) atoms. The molecule has 1 unspecified atom stereocenters. The first kappa shape index (κ1) is 19.4. The van der Waals surface area contributed by atoms with E-state index in [2.05, 4.69) is 10.3 Å². The first-order valence-electron chi connectivity index (χ1n) is 8.25. The number of nitrogens with one attached hydrogen (secondary N) is 1. The van der Waals surface area contributed by atoms with Crippen LogP contribution in [0.5, 0.6) is 5.75 Å². The van der Waals surface area contributed by atoms with E-state index in [1.54, 1.807) is 43.6 Å². The van der Waals surface area contributed by atoms with E-state index in [1.165, 1.54) is 13.8 Å². The number of hydrogen-bond donors (Lipinski definition) is 2. The molecule has 138 valence electrons. The van der Waals surface area contributed by atoms with Crippen molar-refractivity contribution in [3.8, 4) is 5.75 Å². The molecule has 2 aromatic rings. The smallest absolute Gasteiger partial charge is 0.331 e. The molecule has 1 amide bonds. The molecule has 7 heteroatoms. The number of aromatic nitrogens is 1. The first-order chi connectivity index (χ1) is 12.3. The summed E-state index contributed by atoms with van der Waals surface area (Å²) in [6, 6.07) is 10.8. The minimum atomic E-state index is -1.39. The Morgan fingerprint density at radius 3 is 2.31 bits per heavy atom. The average molecular weight is 357 g/mol. The molecule has 0 aliphatic heterocycles. The minimum Gasteiger partial charge on any atom is -0.448 e. The highest BCUT2D eigenvalue weighted by Crippen LogP contribution is 2.29. The Hall–Kier alpha value is -2.93. The molecule has 0 saturated carbocycles. The van der Waals surface area contributed by atoms with Gasteiger partial charge in [-0.15, -0.1) is 0 Å². The van der Waals surface area contributed by atoms with E-state index in [0.29, 0.717) is 11.3 Å². The number of hydrogen-bond acceptors (Lipinski definition) is 6. The summed E-state index contributed by atoms with van der Waals surface area (Å²) >= 11 is 0. The zero-order valence-corrected chi connectivity index (χ0v) is 15.0. The Morgan fingerprint density at radius 2 is 1.73 bits per heavy atom. The molecule has 3 N–H and O–H groups in total. The second-order valence-electron chi connectivity index (χ2n) is 6.04. The number of carbonyl (C=O) groups is 2. The lowest BCUT2D eigenvalue weighted by atomic mass is 10.1. The lowest BCUT2D eigenvalue weighted by Crippen LogP contribution is -2.48. The van der Waals surface area contributed by atoms with Gasteiger partial charge in [-0.25, -0.2) is 4.79 Å². The normalized spacial score (nSPS) is 15.2. The van der Waals surface area contributed by atoms with E-state index in [-0.39, 0.29) is 0 Å². The van der Waals surface area contributed by atoms with E-state index >= 15 is 0 Å². The number of nitrogens with two attached hydrogens (primary N) is 1. The Morgan fingerprint density at radius 1 is 1.12 bits per heavy atom. The highest BCUT2D eigenvalue weighted by molar-refractivity contribution is 5.87. The number of rotatable bonds is 7. The fourth-order valence-electron chi connectivity index (χ4n) is 2.19. The van der Waals surface area contributed by atoms with E-state index < -0.39 is 29.7 Å². The molecule has 1 aromatic heterocycles. The summed E-state index contributed by atoms with van der Waals surface area (Å²) in [5, 5.41) is 2.51. The maximum absolute atomic E-state index is 12.5. The van der Waals surface area contributed by atoms with Gasteiger partial charge in [-0.3, -0.25) is 9.78 Å². The van der Waals surface area contributed by atoms with Gasteiger partial charge in [0.05, 0.1) is 6.04 Å². The van der Waals surface area contributed by atoms with Crippen molar-refractivity contribution in [3.63, 3.8) is 0 Å². The predicted molar refractivity (Wildman–Crippen MR) is 96.0 cm³/mol. The number of amides is 1. The van der Waals surface area contributed by atoms with E-state index in [0.717, 1.165) is 0 Å². The van der Waals surface area contributed by atoms with Crippen LogP contribution in [0.4, 0.5) is 0 Å². The number of esters is 1. The van der Waals surface area contributed by atoms with Crippen LogP contribution in [0.15, 0.2) is 54.9 Å². The van der Waals surface area contributed by atoms with Crippen LogP contribution in [-0.2, 0) is 20.1 Å². The van der Waals surface area contributed by atoms with Crippen LogP contribution in [0.1, 0.15) is 26.3 Å². The van der Waals surface area contributed by atoms with Crippen LogP contribution in [-0.4, -0.2) is 28.9 Å². The fourth-order valence-corrected chi connectivity index (χ4v) is 2.19. The highest BCUT2D eigenvalue weighted by atomic mass is 16.7. The average Bonchev–Trinajstić information content (AvgIpc) is 2.63. The molecule has 0 bridgehead atoms. The van der Waals surface area contributed by atoms with Crippen molar-refractivity contribution in [1.29, 1.82) is 0 Å². The van der Waals surface area contributed by atoms with Crippen LogP contribution in [0.3, 0.4) is 0 Å². The van der Waals surface area contributed by atoms with Crippen LogP contribution in [0, 0.1) is 0 Å². The minimum absolute atomic E-state index is 0.441. The molecule has 3 atom stereocenters. The van der Waals surface area contributed by atoms with Crippen LogP contribution >= 0.6 is 0 Å². The summed E-state index contributed by atoms with van der Waals surface area (Å²) in [5.41, 5.74) is 6.12. The molecule has 0 aliphatic rings. The van der Waals surface area contributed by atoms with Crippen molar-refractivity contribution in [3.05, 3.63) is 60.4 Å². The van der Waals surface area contributed by atoms with Gasteiger partial charge < -0.3 is 20.5 Å². The molecule has 1 aromatic carbocycles. The maximum atomic E-state index is 12.5. The molecule has 7 nitrogen and oxygen atoms in total. The first-order valence-corrected chi connectivity index (χ1v) is 8.25. The number of ether oxygens (including phenoxy) is 2. The standard InChI is InChI=1S/C19H23N3O4/c1-13(20)17(23)22-14(2)18(24)26-19(3,15-9-11-21-12-10-15)25-16-7-5-4-6-8-16/h4-14H,20H2,1-3H3,(H,22,23)/t13-,14-,19?/m0/s1. The van der Waals surface area contributed by atoms with Gasteiger partial charge in [0, 0.05) is 24.9 Å². The van der Waals surface area contributed by atoms with Crippen molar-refractivity contribution in [2.75, 3.05) is 0 Å². The highest BCUT2D eigenvalue weighted by Gasteiger charge is 2.35. The van der Waals surface area contributed by atoms with Gasteiger partial charge >= 0.3 is 5.97 Å². The lowest BCUT2D eigenvalue weighted by Gasteiger charge is -2.31. The Balaban J connectivity index is 2.21. The van der Waals surface area contributed by atoms with Crippen molar-refractivity contribution in [1.82, 2.24) is 10.3 Å². The zero-order valence-electron chi connectivity index (χ0n) is 15.0. The maximum Gasteiger partial charge on any atom is 0.331 e. The van der Waals surface area contributed by atoms with Gasteiger partial charge in [-0.1, -0.05) is 18.2 Å². The SMILES string of the molecule is C[C@H](N)C(=O)N[C@@H](C)C(=O)OC(C)(Oc1ccccc1)c1ccncc1. The van der Waals surface area contributed by atoms with Crippen LogP contribution in [0.2, 0.25) is 0 Å². The summed E-state index contributed by atoms with van der Waals surface area (Å²) in [6.45, 7) is 4.69. The summed E-state index contributed by atoms with van der Waals surface area (Å²) in [7, 11) is 0. The van der Waals surface area contributed by atoms with Crippen molar-refractivity contribution in [2.24, 2.45) is 5.73 Å². The number of carbonyl (C=O) groups excluding carboxylic acids is 2. The van der Waals surface area contributed by atoms with Gasteiger partial charge in [0.25, 0.3) is 5.79 Å². The van der Waals surface area contributed by atoms with Gasteiger partial charge in [-0.05, 0) is 38.1 Å². The Kier molecular flexibility index (Phi) is 6.30. The molecule has 2 rings (SSSR count). The molecular weight excluding hydrogens is 334 g/mol. The third-order valence-corrected chi connectivity index (χ3v) is 3.68. The third-order valence-electron chi connectivity index (χ3n) is 3.68. The van der Waals surface area contributed by atoms with Crippen LogP contribution < -0.4 is 15.8 Å². The Bertz CT molecular complexity index is 737. The molecule has 0 aliphatic carbocycles. The van der Waals surface area contributed by atoms with Crippen molar-refractivity contribution < 1.29 is 19.1 Å². The fraction of sp³-hybridized carbons (Fsp3) is 0.316. The molecule has 0 spiro atoms. The van der Waals surface area contributed by atoms with E-state index in [1.807, 2.05) is 18.2 Å². The van der Waals surface area contributed by atoms with Gasteiger partial charge in [-0.2, -0.15) is 0 Å². The van der Waals surface area contributed by atoms with Gasteiger partial charge in [0.1, 0.15) is 11.8 Å². The Labute approximate surface area is 152 Å². The summed E-state index contributed by atoms with van der Waals surface area (Å²) in [5.74, 6) is -1.94. The van der Waals surface area contributed by atoms with Crippen LogP contribution in [0.25, 0.3) is 0 Å². The van der Waals surface area contributed by atoms with Gasteiger partial charge in [0.15, 0.2) is 0 Å². The summed E-state index contributed by atoms with van der Waals surface area (Å²) in [6.07, 6.45) is 3.16. The molecular formula is C19H23N3O4. The van der Waals surface area contributed by atoms with Crippen molar-refractivity contribution in [2.45, 2.75) is 38.6 Å². The molecule has 0 fully saturated rings. The molecule has 1 heterocycles. The number of pyridine rings is 1. The molecule has 0 saturated heterocycles. The summed E-state index contributed by atoms with van der Waals surface area (Å²) < 4.78 is 11.6. The van der Waals surface area contributed by atoms with E-state index in [4.69, 9.17) is 15.2 Å². The van der Waals surface area contributed by atoms with Crippen molar-refractivity contribution >= 4 is 11.9 Å². The third kappa shape index (κ3) is 5.03. The summed E-state index contributed by atoms with van der Waals surface area (Å²) in [4.78, 5) is 28.2. The number of nitrogens with zero attached hydrogens (tertiary/aromatic N) is 1. The predicted octanol–water partition coefficient (Wildman–Crippen LogP) is 1.73. The number of para-hydroxylation sites is 1. The monoisotopic (exact) mass is 357 g/mol. The topological polar surface area (TPSA) is 104 Å². The second kappa shape index (κ2) is 8.44. The van der Waals surface area contributed by atoms with E-state index in [9.17, 15) is 9.59 Å². The molecule has 0 radical (unpaired) electrons. The second-order valence-corrected chi connectivity index (χ2v) is 6.04.